The summed E-state index contributed by atoms with van der Waals surface area (Å²) in [5, 5.41) is 6.20. The Morgan fingerprint density at radius 2 is 1.77 bits per heavy atom. The smallest absolute Gasteiger partial charge is 0.240 e. The molecule has 0 amide bonds. The van der Waals surface area contributed by atoms with Crippen LogP contribution in [0.4, 0.5) is 5.69 Å². The molecule has 10 heteroatoms. The minimum atomic E-state index is -3.54. The molecule has 0 saturated carbocycles. The van der Waals surface area contributed by atoms with Crippen molar-refractivity contribution >= 4 is 45.6 Å². The quantitative estimate of drug-likeness (QED) is 0.193. The Morgan fingerprint density at radius 1 is 1.07 bits per heavy atom. The minimum Gasteiger partial charge on any atom is -0.493 e. The molecule has 0 heterocycles. The van der Waals surface area contributed by atoms with Gasteiger partial charge in [0, 0.05) is 31.9 Å². The largest absolute Gasteiger partial charge is 0.493 e. The molecule has 2 aromatic rings. The van der Waals surface area contributed by atoms with Crippen molar-refractivity contribution in [2.24, 2.45) is 4.99 Å². The third-order valence-electron chi connectivity index (χ3n) is 3.99. The van der Waals surface area contributed by atoms with Crippen LogP contribution in [0.25, 0.3) is 0 Å². The van der Waals surface area contributed by atoms with Gasteiger partial charge in [0.15, 0.2) is 17.5 Å². The van der Waals surface area contributed by atoms with Gasteiger partial charge in [-0.05, 0) is 38.1 Å². The Hall–Kier alpha value is -2.05. The number of anilines is 1. The molecule has 0 aliphatic heterocycles. The van der Waals surface area contributed by atoms with Crippen LogP contribution in [0.5, 0.6) is 11.5 Å². The molecule has 0 aliphatic carbocycles. The average Bonchev–Trinajstić information content (AvgIpc) is 2.71. The van der Waals surface area contributed by atoms with Crippen LogP contribution in [-0.4, -0.2) is 48.2 Å². The van der Waals surface area contributed by atoms with E-state index in [-0.39, 0.29) is 35.4 Å². The predicted octanol–water partition coefficient (Wildman–Crippen LogP) is 2.99. The van der Waals surface area contributed by atoms with Gasteiger partial charge in [-0.1, -0.05) is 17.7 Å². The molecule has 30 heavy (non-hydrogen) atoms. The van der Waals surface area contributed by atoms with Crippen molar-refractivity contribution in [3.05, 3.63) is 48.0 Å². The van der Waals surface area contributed by atoms with E-state index in [1.807, 2.05) is 26.0 Å². The summed E-state index contributed by atoms with van der Waals surface area (Å²) in [6.45, 7) is 4.93. The number of ether oxygens (including phenoxy) is 2. The van der Waals surface area contributed by atoms with Gasteiger partial charge >= 0.3 is 0 Å². The minimum absolute atomic E-state index is 0. The van der Waals surface area contributed by atoms with Gasteiger partial charge < -0.3 is 20.1 Å². The average molecular weight is 548 g/mol. The maximum Gasteiger partial charge on any atom is 0.240 e. The van der Waals surface area contributed by atoms with Crippen LogP contribution in [0, 0.1) is 6.92 Å². The molecular formula is C20H29IN4O4S. The number of nitrogens with one attached hydrogen (secondary N) is 3. The van der Waals surface area contributed by atoms with Crippen LogP contribution in [0.3, 0.4) is 0 Å². The third-order valence-corrected chi connectivity index (χ3v) is 5.47. The first kappa shape index (κ1) is 26.0. The zero-order valence-electron chi connectivity index (χ0n) is 17.6. The highest BCUT2D eigenvalue weighted by Gasteiger charge is 2.13. The van der Waals surface area contributed by atoms with Crippen LogP contribution in [0.15, 0.2) is 52.4 Å². The summed E-state index contributed by atoms with van der Waals surface area (Å²) in [4.78, 5) is 4.39. The molecule has 0 saturated heterocycles. The van der Waals surface area contributed by atoms with Crippen molar-refractivity contribution in [1.82, 2.24) is 10.0 Å². The number of benzene rings is 2. The van der Waals surface area contributed by atoms with E-state index in [4.69, 9.17) is 9.47 Å². The molecule has 2 rings (SSSR count). The van der Waals surface area contributed by atoms with Crippen molar-refractivity contribution in [3.63, 3.8) is 0 Å². The van der Waals surface area contributed by atoms with Gasteiger partial charge in [0.05, 0.1) is 18.6 Å². The highest BCUT2D eigenvalue weighted by Crippen LogP contribution is 2.30. The van der Waals surface area contributed by atoms with Gasteiger partial charge in [-0.3, -0.25) is 4.99 Å². The number of hydrogen-bond donors (Lipinski definition) is 3. The van der Waals surface area contributed by atoms with Crippen LogP contribution >= 0.6 is 24.0 Å². The van der Waals surface area contributed by atoms with Crippen LogP contribution in [0.1, 0.15) is 12.5 Å². The van der Waals surface area contributed by atoms with Gasteiger partial charge in [0.1, 0.15) is 0 Å². The van der Waals surface area contributed by atoms with Crippen LogP contribution < -0.4 is 24.8 Å². The fraction of sp³-hybridized carbons (Fsp3) is 0.350. The first-order valence-electron chi connectivity index (χ1n) is 9.24. The molecule has 166 valence electrons. The first-order valence-corrected chi connectivity index (χ1v) is 10.7. The molecule has 0 atom stereocenters. The lowest BCUT2D eigenvalue weighted by molar-refractivity contribution is 0.311. The Kier molecular flexibility index (Phi) is 10.9. The second-order valence-electron chi connectivity index (χ2n) is 6.13. The normalized spacial score (nSPS) is 11.4. The van der Waals surface area contributed by atoms with Crippen molar-refractivity contribution in [2.45, 2.75) is 18.7 Å². The first-order chi connectivity index (χ1) is 13.9. The number of hydrogen-bond acceptors (Lipinski definition) is 5. The van der Waals surface area contributed by atoms with E-state index < -0.39 is 10.0 Å². The summed E-state index contributed by atoms with van der Waals surface area (Å²) < 4.78 is 38.0. The molecule has 0 unspecified atom stereocenters. The molecule has 3 N–H and O–H groups in total. The maximum atomic E-state index is 12.3. The zero-order chi connectivity index (χ0) is 21.3. The molecule has 2 aromatic carbocycles. The van der Waals surface area contributed by atoms with Gasteiger partial charge in [-0.25, -0.2) is 13.1 Å². The second kappa shape index (κ2) is 12.6. The Balaban J connectivity index is 0.00000450. The molecule has 0 fully saturated rings. The van der Waals surface area contributed by atoms with E-state index >= 15 is 0 Å². The molecule has 8 nitrogen and oxygen atoms in total. The van der Waals surface area contributed by atoms with Crippen molar-refractivity contribution in [3.8, 4) is 11.5 Å². The van der Waals surface area contributed by atoms with E-state index in [9.17, 15) is 8.42 Å². The lowest BCUT2D eigenvalue weighted by Crippen LogP contribution is -2.37. The predicted molar refractivity (Wildman–Crippen MR) is 131 cm³/mol. The Bertz CT molecular complexity index is 934. The van der Waals surface area contributed by atoms with Crippen molar-refractivity contribution in [1.29, 1.82) is 0 Å². The van der Waals surface area contributed by atoms with Gasteiger partial charge in [-0.2, -0.15) is 0 Å². The number of methoxy groups -OCH3 is 1. The fourth-order valence-electron chi connectivity index (χ4n) is 2.50. The fourth-order valence-corrected chi connectivity index (χ4v) is 3.53. The number of guanidine groups is 1. The standard InChI is InChI=1S/C20H28N4O4S.HI/c1-5-28-18-11-8-16(14-19(18)27-4)24-20(21-3)22-12-13-23-29(25,26)17-9-6-15(2)7-10-17;/h6-11,14,23H,5,12-13H2,1-4H3,(H2,21,22,24);1H. The monoisotopic (exact) mass is 548 g/mol. The van der Waals surface area contributed by atoms with E-state index in [1.54, 1.807) is 44.5 Å². The van der Waals surface area contributed by atoms with E-state index in [2.05, 4.69) is 20.3 Å². The summed E-state index contributed by atoms with van der Waals surface area (Å²) >= 11 is 0. The highest BCUT2D eigenvalue weighted by molar-refractivity contribution is 14.0. The Labute approximate surface area is 195 Å². The molecule has 0 bridgehead atoms. The number of aliphatic imine (C=N–C) groups is 1. The maximum absolute atomic E-state index is 12.3. The second-order valence-corrected chi connectivity index (χ2v) is 7.90. The number of rotatable bonds is 9. The van der Waals surface area contributed by atoms with Crippen molar-refractivity contribution < 1.29 is 17.9 Å². The molecule has 0 radical (unpaired) electrons. The molecule has 0 spiro atoms. The molecular weight excluding hydrogens is 519 g/mol. The summed E-state index contributed by atoms with van der Waals surface area (Å²) in [6, 6.07) is 12.2. The number of sulfonamides is 1. The molecule has 0 aromatic heterocycles. The summed E-state index contributed by atoms with van der Waals surface area (Å²) in [5.41, 5.74) is 1.77. The highest BCUT2D eigenvalue weighted by atomic mass is 127. The van der Waals surface area contributed by atoms with E-state index in [1.165, 1.54) is 0 Å². The van der Waals surface area contributed by atoms with Gasteiger partial charge in [-0.15, -0.1) is 24.0 Å². The summed E-state index contributed by atoms with van der Waals surface area (Å²) in [7, 11) is -0.326. The lowest BCUT2D eigenvalue weighted by Gasteiger charge is -2.15. The SMILES string of the molecule is CCOc1ccc(NC(=NC)NCCNS(=O)(=O)c2ccc(C)cc2)cc1OC.I. The van der Waals surface area contributed by atoms with Crippen LogP contribution in [-0.2, 0) is 10.0 Å². The Morgan fingerprint density at radius 3 is 2.37 bits per heavy atom. The summed E-state index contributed by atoms with van der Waals surface area (Å²) in [5.74, 6) is 1.78. The van der Waals surface area contributed by atoms with E-state index in [0.29, 0.717) is 30.6 Å². The van der Waals surface area contributed by atoms with E-state index in [0.717, 1.165) is 11.3 Å². The number of halogens is 1. The van der Waals surface area contributed by atoms with Crippen LogP contribution in [0.2, 0.25) is 0 Å². The zero-order valence-corrected chi connectivity index (χ0v) is 20.7. The number of nitrogens with zero attached hydrogens (tertiary/aromatic N) is 1. The van der Waals surface area contributed by atoms with Crippen molar-refractivity contribution in [2.75, 3.05) is 39.2 Å². The van der Waals surface area contributed by atoms with Gasteiger partial charge in [0.25, 0.3) is 0 Å². The number of aryl methyl sites for hydroxylation is 1. The molecule has 0 aliphatic rings. The lowest BCUT2D eigenvalue weighted by atomic mass is 10.2. The topological polar surface area (TPSA) is 101 Å². The third kappa shape index (κ3) is 7.65. The summed E-state index contributed by atoms with van der Waals surface area (Å²) in [6.07, 6.45) is 0. The van der Waals surface area contributed by atoms with Gasteiger partial charge in [0.2, 0.25) is 10.0 Å².